The summed E-state index contributed by atoms with van der Waals surface area (Å²) in [6.45, 7) is 0. The van der Waals surface area contributed by atoms with Crippen LogP contribution < -0.4 is 0 Å². The van der Waals surface area contributed by atoms with Gasteiger partial charge in [-0.25, -0.2) is 14.5 Å². The number of benzene rings is 1. The van der Waals surface area contributed by atoms with Crippen LogP contribution in [0.25, 0.3) is 16.9 Å². The van der Waals surface area contributed by atoms with E-state index in [2.05, 4.69) is 15.1 Å². The van der Waals surface area contributed by atoms with Gasteiger partial charge in [0.15, 0.2) is 10.7 Å². The van der Waals surface area contributed by atoms with Crippen LogP contribution in [0.3, 0.4) is 0 Å². The number of fused-ring (bicyclic) bond motifs is 1. The molecule has 1 aromatic carbocycles. The van der Waals surface area contributed by atoms with Crippen LogP contribution in [0.5, 0.6) is 0 Å². The van der Waals surface area contributed by atoms with Gasteiger partial charge in [-0.05, 0) is 18.2 Å². The lowest BCUT2D eigenvalue weighted by Crippen LogP contribution is -2.05. The highest BCUT2D eigenvalue weighted by Crippen LogP contribution is 2.32. The number of rotatable bonds is 3. The number of hydrogen-bond acceptors (Lipinski definition) is 5. The minimum absolute atomic E-state index is 0.244. The van der Waals surface area contributed by atoms with E-state index in [0.717, 1.165) is 12.1 Å². The smallest absolute Gasteiger partial charge is 0.286 e. The molecule has 5 nitrogen and oxygen atoms in total. The molecule has 4 aromatic rings. The van der Waals surface area contributed by atoms with Crippen molar-refractivity contribution in [1.82, 2.24) is 19.6 Å². The van der Waals surface area contributed by atoms with Crippen LogP contribution in [0.1, 0.15) is 20.9 Å². The van der Waals surface area contributed by atoms with Gasteiger partial charge in [-0.3, -0.25) is 4.79 Å². The Bertz CT molecular complexity index is 1100. The Morgan fingerprint density at radius 3 is 2.69 bits per heavy atom. The standard InChI is InChI=1S/C17H9F3N4OS/c18-17(19,20)11-3-1-2-10(8-11)13-4-5-21-15-12(9-23-24(13)15)14(25)16-22-6-7-26-16/h1-9H. The van der Waals surface area contributed by atoms with Crippen LogP contribution in [0.15, 0.2) is 54.3 Å². The summed E-state index contributed by atoms with van der Waals surface area (Å²) in [4.78, 5) is 20.7. The van der Waals surface area contributed by atoms with Crippen LogP contribution in [-0.4, -0.2) is 25.4 Å². The zero-order chi connectivity index (χ0) is 18.3. The predicted octanol–water partition coefficient (Wildman–Crippen LogP) is 4.10. The fourth-order valence-corrected chi connectivity index (χ4v) is 3.17. The SMILES string of the molecule is O=C(c1nccs1)c1cnn2c(-c3cccc(C(F)(F)F)c3)ccnc12. The Morgan fingerprint density at radius 2 is 1.96 bits per heavy atom. The van der Waals surface area contributed by atoms with E-state index in [9.17, 15) is 18.0 Å². The molecule has 0 saturated heterocycles. The number of halogens is 3. The van der Waals surface area contributed by atoms with E-state index < -0.39 is 11.7 Å². The first kappa shape index (κ1) is 16.4. The summed E-state index contributed by atoms with van der Waals surface area (Å²) in [5.74, 6) is -0.330. The van der Waals surface area contributed by atoms with E-state index in [1.807, 2.05) is 0 Å². The lowest BCUT2D eigenvalue weighted by atomic mass is 10.1. The first-order chi connectivity index (χ1) is 12.4. The van der Waals surface area contributed by atoms with Crippen LogP contribution >= 0.6 is 11.3 Å². The molecule has 4 rings (SSSR count). The van der Waals surface area contributed by atoms with Crippen molar-refractivity contribution in [3.8, 4) is 11.3 Å². The van der Waals surface area contributed by atoms with Crippen molar-refractivity contribution in [3.05, 3.63) is 70.4 Å². The van der Waals surface area contributed by atoms with E-state index in [0.29, 0.717) is 16.3 Å². The van der Waals surface area contributed by atoms with E-state index in [1.54, 1.807) is 17.5 Å². The first-order valence-electron chi connectivity index (χ1n) is 7.40. The normalized spacial score (nSPS) is 11.8. The van der Waals surface area contributed by atoms with Gasteiger partial charge < -0.3 is 0 Å². The fraction of sp³-hybridized carbons (Fsp3) is 0.0588. The molecular formula is C17H9F3N4OS. The van der Waals surface area contributed by atoms with Gasteiger partial charge in [-0.2, -0.15) is 18.3 Å². The Labute approximate surface area is 148 Å². The van der Waals surface area contributed by atoms with Crippen molar-refractivity contribution >= 4 is 22.8 Å². The number of thiazole rings is 1. The third kappa shape index (κ3) is 2.76. The molecule has 26 heavy (non-hydrogen) atoms. The van der Waals surface area contributed by atoms with Crippen LogP contribution in [0.2, 0.25) is 0 Å². The van der Waals surface area contributed by atoms with Gasteiger partial charge in [0, 0.05) is 23.3 Å². The van der Waals surface area contributed by atoms with Gasteiger partial charge in [0.05, 0.1) is 23.0 Å². The quantitative estimate of drug-likeness (QED) is 0.507. The molecule has 0 spiro atoms. The molecule has 3 heterocycles. The van der Waals surface area contributed by atoms with Crippen molar-refractivity contribution < 1.29 is 18.0 Å². The molecular weight excluding hydrogens is 365 g/mol. The minimum Gasteiger partial charge on any atom is -0.286 e. The van der Waals surface area contributed by atoms with Crippen molar-refractivity contribution in [2.45, 2.75) is 6.18 Å². The largest absolute Gasteiger partial charge is 0.416 e. The molecule has 130 valence electrons. The molecule has 0 saturated carbocycles. The zero-order valence-electron chi connectivity index (χ0n) is 12.9. The maximum Gasteiger partial charge on any atom is 0.416 e. The number of carbonyl (C=O) groups is 1. The van der Waals surface area contributed by atoms with E-state index in [-0.39, 0.29) is 17.0 Å². The van der Waals surface area contributed by atoms with E-state index >= 15 is 0 Å². The number of nitrogens with zero attached hydrogens (tertiary/aromatic N) is 4. The molecule has 0 bridgehead atoms. The molecule has 0 aliphatic rings. The fourth-order valence-electron chi connectivity index (χ4n) is 2.58. The Morgan fingerprint density at radius 1 is 1.12 bits per heavy atom. The third-order valence-electron chi connectivity index (χ3n) is 3.76. The van der Waals surface area contributed by atoms with Gasteiger partial charge in [0.25, 0.3) is 0 Å². The topological polar surface area (TPSA) is 60.2 Å². The van der Waals surface area contributed by atoms with Gasteiger partial charge in [0.2, 0.25) is 5.78 Å². The first-order valence-corrected chi connectivity index (χ1v) is 8.27. The van der Waals surface area contributed by atoms with Crippen LogP contribution in [0, 0.1) is 0 Å². The van der Waals surface area contributed by atoms with Crippen molar-refractivity contribution in [2.75, 3.05) is 0 Å². The molecule has 0 aliphatic heterocycles. The summed E-state index contributed by atoms with van der Waals surface area (Å²) in [6.07, 6.45) is -0.141. The van der Waals surface area contributed by atoms with Gasteiger partial charge >= 0.3 is 6.18 Å². The highest BCUT2D eigenvalue weighted by molar-refractivity contribution is 7.11. The number of alkyl halides is 3. The highest BCUT2D eigenvalue weighted by atomic mass is 32.1. The van der Waals surface area contributed by atoms with Crippen molar-refractivity contribution in [1.29, 1.82) is 0 Å². The number of aromatic nitrogens is 4. The Kier molecular flexibility index (Phi) is 3.80. The minimum atomic E-state index is -4.45. The summed E-state index contributed by atoms with van der Waals surface area (Å²) in [5, 5.41) is 6.13. The summed E-state index contributed by atoms with van der Waals surface area (Å²) in [7, 11) is 0. The molecule has 0 radical (unpaired) electrons. The second-order valence-electron chi connectivity index (χ2n) is 5.37. The third-order valence-corrected chi connectivity index (χ3v) is 4.53. The molecule has 0 atom stereocenters. The zero-order valence-corrected chi connectivity index (χ0v) is 13.8. The number of ketones is 1. The summed E-state index contributed by atoms with van der Waals surface area (Å²) in [5.41, 5.74) is 0.475. The van der Waals surface area contributed by atoms with Gasteiger partial charge in [-0.15, -0.1) is 11.3 Å². The summed E-state index contributed by atoms with van der Waals surface area (Å²) >= 11 is 1.19. The van der Waals surface area contributed by atoms with Crippen LogP contribution in [-0.2, 0) is 6.18 Å². The average molecular weight is 374 g/mol. The van der Waals surface area contributed by atoms with Gasteiger partial charge in [0.1, 0.15) is 0 Å². The molecule has 0 N–H and O–H groups in total. The lowest BCUT2D eigenvalue weighted by Gasteiger charge is -2.09. The van der Waals surface area contributed by atoms with Crippen LogP contribution in [0.4, 0.5) is 13.2 Å². The molecule has 0 aliphatic carbocycles. The molecule has 0 amide bonds. The Balaban J connectivity index is 1.85. The Hall–Kier alpha value is -3.07. The summed E-state index contributed by atoms with van der Waals surface area (Å²) < 4.78 is 40.3. The number of carbonyl (C=O) groups excluding carboxylic acids is 1. The molecule has 0 fully saturated rings. The molecule has 0 unspecified atom stereocenters. The monoisotopic (exact) mass is 374 g/mol. The van der Waals surface area contributed by atoms with E-state index in [1.165, 1.54) is 40.5 Å². The van der Waals surface area contributed by atoms with Gasteiger partial charge in [-0.1, -0.05) is 12.1 Å². The second-order valence-corrected chi connectivity index (χ2v) is 6.26. The lowest BCUT2D eigenvalue weighted by molar-refractivity contribution is -0.137. The maximum atomic E-state index is 13.0. The predicted molar refractivity (Wildman–Crippen MR) is 89.0 cm³/mol. The average Bonchev–Trinajstić information content (AvgIpc) is 3.30. The summed E-state index contributed by atoms with van der Waals surface area (Å²) in [6, 6.07) is 6.47. The van der Waals surface area contributed by atoms with E-state index in [4.69, 9.17) is 0 Å². The molecule has 3 aromatic heterocycles. The highest BCUT2D eigenvalue weighted by Gasteiger charge is 2.30. The second kappa shape index (κ2) is 6.03. The van der Waals surface area contributed by atoms with Crippen molar-refractivity contribution in [3.63, 3.8) is 0 Å². The number of hydrogen-bond donors (Lipinski definition) is 0. The maximum absolute atomic E-state index is 13.0. The van der Waals surface area contributed by atoms with Crippen molar-refractivity contribution in [2.24, 2.45) is 0 Å². The molecule has 9 heteroatoms.